The van der Waals surface area contributed by atoms with E-state index in [0.29, 0.717) is 43.9 Å². The van der Waals surface area contributed by atoms with Crippen molar-refractivity contribution in [1.29, 1.82) is 0 Å². The van der Waals surface area contributed by atoms with Crippen LogP contribution in [-0.2, 0) is 16.1 Å². The quantitative estimate of drug-likeness (QED) is 0.542. The summed E-state index contributed by atoms with van der Waals surface area (Å²) in [4.78, 5) is 26.2. The molecule has 1 heterocycles. The largest absolute Gasteiger partial charge is 0.490 e. The van der Waals surface area contributed by atoms with Gasteiger partial charge in [-0.2, -0.15) is 0 Å². The number of carbonyl (C=O) groups excluding carboxylic acids is 2. The highest BCUT2D eigenvalue weighted by Gasteiger charge is 2.35. The Labute approximate surface area is 154 Å². The van der Waals surface area contributed by atoms with Crippen LogP contribution in [0.3, 0.4) is 0 Å². The zero-order chi connectivity index (χ0) is 19.3. The predicted molar refractivity (Wildman–Crippen MR) is 99.9 cm³/mol. The molecule has 0 unspecified atom stereocenters. The molecule has 26 heavy (non-hydrogen) atoms. The van der Waals surface area contributed by atoms with Crippen LogP contribution in [0.25, 0.3) is 0 Å². The van der Waals surface area contributed by atoms with Gasteiger partial charge in [0.05, 0.1) is 5.60 Å². The van der Waals surface area contributed by atoms with Crippen molar-refractivity contribution in [2.75, 3.05) is 13.2 Å². The van der Waals surface area contributed by atoms with E-state index in [1.165, 1.54) is 0 Å². The lowest BCUT2D eigenvalue weighted by Gasteiger charge is -2.26. The molecule has 1 aliphatic heterocycles. The Morgan fingerprint density at radius 1 is 1.42 bits per heavy atom. The zero-order valence-electron chi connectivity index (χ0n) is 15.8. The number of nitrogens with two attached hydrogens (primary N) is 1. The van der Waals surface area contributed by atoms with Crippen LogP contribution in [0.1, 0.15) is 49.5 Å². The molecule has 142 valence electrons. The van der Waals surface area contributed by atoms with Crippen LogP contribution in [0.15, 0.2) is 30.9 Å². The summed E-state index contributed by atoms with van der Waals surface area (Å²) >= 11 is 0. The second-order valence-electron chi connectivity index (χ2n) is 7.37. The monoisotopic (exact) mass is 360 g/mol. The Morgan fingerprint density at radius 3 is 2.77 bits per heavy atom. The summed E-state index contributed by atoms with van der Waals surface area (Å²) in [6.45, 7) is 10.8. The van der Waals surface area contributed by atoms with Crippen LogP contribution in [0, 0.1) is 0 Å². The minimum Gasteiger partial charge on any atom is -0.490 e. The van der Waals surface area contributed by atoms with Gasteiger partial charge in [-0.15, -0.1) is 0 Å². The molecule has 2 rings (SSSR count). The zero-order valence-corrected chi connectivity index (χ0v) is 15.8. The lowest BCUT2D eigenvalue weighted by Crippen LogP contribution is -2.45. The van der Waals surface area contributed by atoms with Gasteiger partial charge in [0.2, 0.25) is 5.91 Å². The molecular formula is C20H28N2O4. The van der Waals surface area contributed by atoms with Crippen molar-refractivity contribution in [3.8, 4) is 5.75 Å². The summed E-state index contributed by atoms with van der Waals surface area (Å²) < 4.78 is 11.2. The average molecular weight is 360 g/mol. The third-order valence-electron chi connectivity index (χ3n) is 4.14. The van der Waals surface area contributed by atoms with Gasteiger partial charge in [0.15, 0.2) is 0 Å². The van der Waals surface area contributed by atoms with Crippen molar-refractivity contribution < 1.29 is 19.1 Å². The highest BCUT2D eigenvalue weighted by molar-refractivity contribution is 6.01. The number of nitrogens with zero attached hydrogens (tertiary/aromatic N) is 1. The fraction of sp³-hybridized carbons (Fsp3) is 0.500. The molecule has 0 radical (unpaired) electrons. The number of benzene rings is 1. The van der Waals surface area contributed by atoms with Gasteiger partial charge in [-0.3, -0.25) is 9.59 Å². The van der Waals surface area contributed by atoms with Gasteiger partial charge in [0, 0.05) is 18.7 Å². The number of rotatable bonds is 9. The van der Waals surface area contributed by atoms with Crippen LogP contribution in [0.4, 0.5) is 0 Å². The van der Waals surface area contributed by atoms with E-state index in [1.54, 1.807) is 23.1 Å². The molecule has 6 heteroatoms. The SMILES string of the molecule is C=CCOc1ccc2c(c1)CN([C@@H](CCCOC(C)(C)C)C(N)=O)C2=O. The number of ether oxygens (including phenoxy) is 2. The van der Waals surface area contributed by atoms with Crippen molar-refractivity contribution in [2.45, 2.75) is 51.8 Å². The maximum absolute atomic E-state index is 12.7. The third kappa shape index (κ3) is 5.08. The minimum absolute atomic E-state index is 0.171. The van der Waals surface area contributed by atoms with Crippen LogP contribution in [-0.4, -0.2) is 41.6 Å². The highest BCUT2D eigenvalue weighted by atomic mass is 16.5. The van der Waals surface area contributed by atoms with Crippen molar-refractivity contribution in [2.24, 2.45) is 5.73 Å². The Bertz CT molecular complexity index is 679. The first kappa shape index (κ1) is 20.0. The lowest BCUT2D eigenvalue weighted by molar-refractivity contribution is -0.123. The number of primary amides is 1. The fourth-order valence-electron chi connectivity index (χ4n) is 2.92. The summed E-state index contributed by atoms with van der Waals surface area (Å²) in [5, 5.41) is 0. The summed E-state index contributed by atoms with van der Waals surface area (Å²) in [6.07, 6.45) is 2.79. The molecule has 0 aromatic heterocycles. The molecule has 6 nitrogen and oxygen atoms in total. The average Bonchev–Trinajstić information content (AvgIpc) is 2.87. The number of fused-ring (bicyclic) bond motifs is 1. The summed E-state index contributed by atoms with van der Waals surface area (Å²) in [5.74, 6) is 0.00774. The van der Waals surface area contributed by atoms with Crippen LogP contribution >= 0.6 is 0 Å². The molecule has 1 atom stereocenters. The van der Waals surface area contributed by atoms with E-state index in [0.717, 1.165) is 5.56 Å². The molecule has 2 amide bonds. The Balaban J connectivity index is 2.04. The Kier molecular flexibility index (Phi) is 6.42. The van der Waals surface area contributed by atoms with Crippen molar-refractivity contribution in [1.82, 2.24) is 4.90 Å². The van der Waals surface area contributed by atoms with Crippen molar-refractivity contribution in [3.05, 3.63) is 42.0 Å². The van der Waals surface area contributed by atoms with Crippen molar-refractivity contribution >= 4 is 11.8 Å². The van der Waals surface area contributed by atoms with E-state index < -0.39 is 11.9 Å². The second kappa shape index (κ2) is 8.36. The summed E-state index contributed by atoms with van der Waals surface area (Å²) in [7, 11) is 0. The molecule has 0 saturated carbocycles. The summed E-state index contributed by atoms with van der Waals surface area (Å²) in [5.41, 5.74) is 6.77. The highest BCUT2D eigenvalue weighted by Crippen LogP contribution is 2.29. The van der Waals surface area contributed by atoms with Gasteiger partial charge in [0.25, 0.3) is 5.91 Å². The molecular weight excluding hydrogens is 332 g/mol. The normalized spacial score (nSPS) is 14.9. The van der Waals surface area contributed by atoms with E-state index in [1.807, 2.05) is 26.8 Å². The molecule has 0 saturated heterocycles. The molecule has 0 fully saturated rings. The first-order valence-electron chi connectivity index (χ1n) is 8.84. The van der Waals surface area contributed by atoms with E-state index in [4.69, 9.17) is 15.2 Å². The van der Waals surface area contributed by atoms with Gasteiger partial charge in [-0.25, -0.2) is 0 Å². The molecule has 1 aromatic rings. The van der Waals surface area contributed by atoms with E-state index in [9.17, 15) is 9.59 Å². The van der Waals surface area contributed by atoms with Gasteiger partial charge in [-0.1, -0.05) is 12.7 Å². The fourth-order valence-corrected chi connectivity index (χ4v) is 2.92. The Hall–Kier alpha value is -2.34. The first-order valence-corrected chi connectivity index (χ1v) is 8.84. The lowest BCUT2D eigenvalue weighted by atomic mass is 10.1. The number of amides is 2. The number of hydrogen-bond acceptors (Lipinski definition) is 4. The van der Waals surface area contributed by atoms with E-state index >= 15 is 0 Å². The van der Waals surface area contributed by atoms with E-state index in [-0.39, 0.29) is 11.5 Å². The van der Waals surface area contributed by atoms with Gasteiger partial charge in [0.1, 0.15) is 18.4 Å². The molecule has 0 aliphatic carbocycles. The van der Waals surface area contributed by atoms with Crippen LogP contribution in [0.5, 0.6) is 5.75 Å². The first-order chi connectivity index (χ1) is 12.2. The topological polar surface area (TPSA) is 81.9 Å². The van der Waals surface area contributed by atoms with Gasteiger partial charge >= 0.3 is 0 Å². The van der Waals surface area contributed by atoms with Crippen LogP contribution < -0.4 is 10.5 Å². The molecule has 1 aromatic carbocycles. The standard InChI is InChI=1S/C20H28N2O4/c1-5-10-25-15-8-9-16-14(12-15)13-22(19(16)24)17(18(21)23)7-6-11-26-20(2,3)4/h5,8-9,12,17H,1,6-7,10-11,13H2,2-4H3,(H2,21,23)/t17-/m0/s1. The Morgan fingerprint density at radius 2 is 2.15 bits per heavy atom. The second-order valence-corrected chi connectivity index (χ2v) is 7.37. The van der Waals surface area contributed by atoms with Gasteiger partial charge in [-0.05, 0) is 57.4 Å². The molecule has 2 N–H and O–H groups in total. The van der Waals surface area contributed by atoms with Crippen LogP contribution in [0.2, 0.25) is 0 Å². The molecule has 0 spiro atoms. The van der Waals surface area contributed by atoms with Crippen molar-refractivity contribution in [3.63, 3.8) is 0 Å². The maximum atomic E-state index is 12.7. The predicted octanol–water partition coefficient (Wildman–Crippen LogP) is 2.66. The third-order valence-corrected chi connectivity index (χ3v) is 4.14. The number of hydrogen-bond donors (Lipinski definition) is 1. The smallest absolute Gasteiger partial charge is 0.255 e. The van der Waals surface area contributed by atoms with E-state index in [2.05, 4.69) is 6.58 Å². The minimum atomic E-state index is -0.643. The summed E-state index contributed by atoms with van der Waals surface area (Å²) in [6, 6.07) is 4.67. The maximum Gasteiger partial charge on any atom is 0.255 e. The number of carbonyl (C=O) groups is 2. The molecule has 0 bridgehead atoms. The molecule has 1 aliphatic rings. The van der Waals surface area contributed by atoms with Gasteiger partial charge < -0.3 is 20.1 Å².